The molecule has 0 aliphatic heterocycles. The molecule has 180 valence electrons. The van der Waals surface area contributed by atoms with Crippen LogP contribution in [0.3, 0.4) is 0 Å². The maximum absolute atomic E-state index is 11.3. The molecule has 0 radical (unpaired) electrons. The lowest BCUT2D eigenvalue weighted by atomic mass is 10.0. The molecule has 0 fully saturated rings. The molecule has 4 aromatic rings. The predicted molar refractivity (Wildman–Crippen MR) is 136 cm³/mol. The molecule has 1 amide bonds. The van der Waals surface area contributed by atoms with Crippen molar-refractivity contribution in [1.82, 2.24) is 20.3 Å². The summed E-state index contributed by atoms with van der Waals surface area (Å²) < 4.78 is 5.36. The van der Waals surface area contributed by atoms with Gasteiger partial charge in [-0.25, -0.2) is 5.48 Å². The molecule has 2 aromatic carbocycles. The van der Waals surface area contributed by atoms with Crippen molar-refractivity contribution in [2.75, 3.05) is 13.7 Å². The molecule has 35 heavy (non-hydrogen) atoms. The molecule has 0 bridgehead atoms. The normalized spacial score (nSPS) is 15.2. The van der Waals surface area contributed by atoms with Crippen LogP contribution in [-0.2, 0) is 24.2 Å². The number of fused-ring (bicyclic) bond motifs is 2. The minimum atomic E-state index is -0.531. The predicted octanol–water partition coefficient (Wildman–Crippen LogP) is 4.76. The van der Waals surface area contributed by atoms with Gasteiger partial charge in [-0.15, -0.1) is 0 Å². The molecule has 0 saturated heterocycles. The molecule has 1 unspecified atom stereocenters. The first-order valence-corrected chi connectivity index (χ1v) is 11.9. The number of amides is 1. The molecular formula is C28H30N4O3. The molecule has 5 rings (SSSR count). The van der Waals surface area contributed by atoms with Crippen molar-refractivity contribution >= 4 is 22.9 Å². The average Bonchev–Trinajstić information content (AvgIpc) is 3.64. The Balaban J connectivity index is 1.37. The monoisotopic (exact) mass is 470 g/mol. The second-order valence-corrected chi connectivity index (χ2v) is 8.96. The zero-order valence-corrected chi connectivity index (χ0v) is 19.8. The zero-order valence-electron chi connectivity index (χ0n) is 19.8. The van der Waals surface area contributed by atoms with Crippen LogP contribution in [0.2, 0.25) is 0 Å². The van der Waals surface area contributed by atoms with E-state index in [1.165, 1.54) is 33.8 Å². The third-order valence-electron chi connectivity index (χ3n) is 6.87. The van der Waals surface area contributed by atoms with Gasteiger partial charge in [0, 0.05) is 60.3 Å². The smallest absolute Gasteiger partial charge is 0.267 e. The van der Waals surface area contributed by atoms with E-state index in [4.69, 9.17) is 9.94 Å². The maximum Gasteiger partial charge on any atom is 0.267 e. The van der Waals surface area contributed by atoms with Crippen molar-refractivity contribution < 1.29 is 14.7 Å². The number of nitrogens with one attached hydrogen (secondary N) is 3. The molecule has 1 aliphatic rings. The quantitative estimate of drug-likeness (QED) is 0.161. The van der Waals surface area contributed by atoms with Crippen LogP contribution in [-0.4, -0.2) is 39.6 Å². The molecule has 1 aliphatic carbocycles. The summed E-state index contributed by atoms with van der Waals surface area (Å²) in [7, 11) is 1.69. The van der Waals surface area contributed by atoms with Gasteiger partial charge in [-0.05, 0) is 71.9 Å². The van der Waals surface area contributed by atoms with E-state index in [1.807, 2.05) is 30.5 Å². The Morgan fingerprint density at radius 1 is 1.23 bits per heavy atom. The average molecular weight is 471 g/mol. The number of nitrogens with zero attached hydrogens (tertiary/aromatic N) is 1. The summed E-state index contributed by atoms with van der Waals surface area (Å²) in [5, 5.41) is 9.94. The number of aromatic amines is 2. The molecule has 7 nitrogen and oxygen atoms in total. The highest BCUT2D eigenvalue weighted by Crippen LogP contribution is 2.37. The second-order valence-electron chi connectivity index (χ2n) is 8.96. The molecule has 0 saturated carbocycles. The third kappa shape index (κ3) is 5.01. The molecule has 2 aromatic heterocycles. The summed E-state index contributed by atoms with van der Waals surface area (Å²) in [5.41, 5.74) is 8.86. The first kappa shape index (κ1) is 23.0. The lowest BCUT2D eigenvalue weighted by Crippen LogP contribution is -2.29. The van der Waals surface area contributed by atoms with E-state index in [2.05, 4.69) is 45.3 Å². The highest BCUT2D eigenvalue weighted by Gasteiger charge is 2.28. The van der Waals surface area contributed by atoms with Gasteiger partial charge in [0.1, 0.15) is 5.75 Å². The van der Waals surface area contributed by atoms with E-state index in [0.29, 0.717) is 6.04 Å². The molecule has 2 heterocycles. The van der Waals surface area contributed by atoms with Crippen molar-refractivity contribution in [3.05, 3.63) is 94.9 Å². The van der Waals surface area contributed by atoms with Gasteiger partial charge in [0.2, 0.25) is 0 Å². The fourth-order valence-corrected chi connectivity index (χ4v) is 5.10. The van der Waals surface area contributed by atoms with Crippen LogP contribution in [0.1, 0.15) is 40.4 Å². The SMILES string of the molecule is COc1ccc2c(CCN(Cc3ccc[nH]3)C3CCc4cc(C=CC(=O)NO)ccc43)c[nH]c2c1. The highest BCUT2D eigenvalue weighted by molar-refractivity contribution is 5.90. The summed E-state index contributed by atoms with van der Waals surface area (Å²) in [6.07, 6.45) is 10.2. The zero-order chi connectivity index (χ0) is 24.2. The van der Waals surface area contributed by atoms with Crippen LogP contribution in [0, 0.1) is 0 Å². The van der Waals surface area contributed by atoms with Crippen molar-refractivity contribution in [2.24, 2.45) is 0 Å². The van der Waals surface area contributed by atoms with Crippen LogP contribution in [0.15, 0.2) is 67.0 Å². The number of rotatable bonds is 9. The Morgan fingerprint density at radius 3 is 2.94 bits per heavy atom. The number of carbonyl (C=O) groups is 1. The van der Waals surface area contributed by atoms with E-state index in [-0.39, 0.29) is 0 Å². The van der Waals surface area contributed by atoms with Gasteiger partial charge in [0.15, 0.2) is 0 Å². The standard InChI is InChI=1S/C28H30N4O3/c1-35-23-7-9-24-21(17-30-26(24)16-23)12-14-32(18-22-3-2-13-29-22)27-10-6-20-15-19(4-8-25(20)27)5-11-28(33)31-34/h2-5,7-9,11,13,15-17,27,29-30,34H,6,10,12,14,18H2,1H3,(H,31,33). The van der Waals surface area contributed by atoms with Gasteiger partial charge in [-0.3, -0.25) is 14.9 Å². The number of ether oxygens (including phenoxy) is 1. The van der Waals surface area contributed by atoms with Crippen molar-refractivity contribution in [2.45, 2.75) is 31.8 Å². The first-order chi connectivity index (χ1) is 17.1. The Kier molecular flexibility index (Phi) is 6.70. The van der Waals surface area contributed by atoms with Gasteiger partial charge in [-0.1, -0.05) is 18.2 Å². The Labute approximate surface area is 204 Å². The van der Waals surface area contributed by atoms with Crippen LogP contribution >= 0.6 is 0 Å². The Bertz CT molecular complexity index is 1340. The second kappa shape index (κ2) is 10.2. The third-order valence-corrected chi connectivity index (χ3v) is 6.87. The van der Waals surface area contributed by atoms with Gasteiger partial charge < -0.3 is 14.7 Å². The summed E-state index contributed by atoms with van der Waals surface area (Å²) in [6.45, 7) is 1.78. The van der Waals surface area contributed by atoms with Gasteiger partial charge in [0.25, 0.3) is 5.91 Å². The van der Waals surface area contributed by atoms with E-state index >= 15 is 0 Å². The fraction of sp³-hybridized carbons (Fsp3) is 0.250. The number of benzene rings is 2. The molecular weight excluding hydrogens is 440 g/mol. The van der Waals surface area contributed by atoms with Gasteiger partial charge >= 0.3 is 0 Å². The minimum absolute atomic E-state index is 0.331. The summed E-state index contributed by atoms with van der Waals surface area (Å²) in [4.78, 5) is 20.6. The summed E-state index contributed by atoms with van der Waals surface area (Å²) in [6, 6.07) is 17.1. The maximum atomic E-state index is 11.3. The lowest BCUT2D eigenvalue weighted by Gasteiger charge is -2.29. The number of carbonyl (C=O) groups excluding carboxylic acids is 1. The minimum Gasteiger partial charge on any atom is -0.497 e. The topological polar surface area (TPSA) is 93.4 Å². The summed E-state index contributed by atoms with van der Waals surface area (Å²) in [5.74, 6) is 0.323. The van der Waals surface area contributed by atoms with Crippen LogP contribution in [0.5, 0.6) is 5.75 Å². The number of hydroxylamine groups is 1. The summed E-state index contributed by atoms with van der Waals surface area (Å²) >= 11 is 0. The number of hydrogen-bond donors (Lipinski definition) is 4. The molecule has 1 atom stereocenters. The first-order valence-electron chi connectivity index (χ1n) is 11.9. The Hall–Kier alpha value is -3.81. The van der Waals surface area contributed by atoms with E-state index < -0.39 is 5.91 Å². The van der Waals surface area contributed by atoms with Gasteiger partial charge in [-0.2, -0.15) is 0 Å². The van der Waals surface area contributed by atoms with Crippen LogP contribution in [0.25, 0.3) is 17.0 Å². The number of H-pyrrole nitrogens is 2. The lowest BCUT2D eigenvalue weighted by molar-refractivity contribution is -0.124. The van der Waals surface area contributed by atoms with E-state index in [1.54, 1.807) is 18.7 Å². The fourth-order valence-electron chi connectivity index (χ4n) is 5.10. The largest absolute Gasteiger partial charge is 0.497 e. The molecule has 4 N–H and O–H groups in total. The van der Waals surface area contributed by atoms with Crippen LogP contribution < -0.4 is 10.2 Å². The van der Waals surface area contributed by atoms with Crippen molar-refractivity contribution in [1.29, 1.82) is 0 Å². The molecule has 7 heteroatoms. The van der Waals surface area contributed by atoms with Crippen LogP contribution in [0.4, 0.5) is 0 Å². The highest BCUT2D eigenvalue weighted by atomic mass is 16.5. The van der Waals surface area contributed by atoms with E-state index in [9.17, 15) is 4.79 Å². The van der Waals surface area contributed by atoms with Gasteiger partial charge in [0.05, 0.1) is 7.11 Å². The van der Waals surface area contributed by atoms with E-state index in [0.717, 1.165) is 49.2 Å². The van der Waals surface area contributed by atoms with Crippen molar-refractivity contribution in [3.63, 3.8) is 0 Å². The number of aromatic nitrogens is 2. The van der Waals surface area contributed by atoms with Crippen molar-refractivity contribution in [3.8, 4) is 5.75 Å². The Morgan fingerprint density at radius 2 is 2.14 bits per heavy atom. The number of hydrogen-bond acceptors (Lipinski definition) is 4. The number of aryl methyl sites for hydroxylation is 1. The molecule has 0 spiro atoms. The number of methoxy groups -OCH3 is 1.